The second-order valence-corrected chi connectivity index (χ2v) is 7.61. The maximum absolute atomic E-state index is 12.8. The average Bonchev–Trinajstić information content (AvgIpc) is 2.71. The highest BCUT2D eigenvalue weighted by Gasteiger charge is 2.27. The molecule has 2 aliphatic heterocycles. The summed E-state index contributed by atoms with van der Waals surface area (Å²) in [6, 6.07) is 3.83. The molecular weight excluding hydrogens is 340 g/mol. The fraction of sp³-hybridized carbons (Fsp3) is 0.667. The van der Waals surface area contributed by atoms with Crippen molar-refractivity contribution in [1.29, 1.82) is 0 Å². The second kappa shape index (κ2) is 9.20. The van der Waals surface area contributed by atoms with Gasteiger partial charge in [0, 0.05) is 51.9 Å². The topological polar surface area (TPSA) is 56.8 Å². The molecule has 0 atom stereocenters. The molecule has 0 spiro atoms. The molecule has 2 amide bonds. The minimum Gasteiger partial charge on any atom is -0.357 e. The molecule has 1 aromatic heterocycles. The molecule has 2 fully saturated rings. The van der Waals surface area contributed by atoms with Gasteiger partial charge in [0.2, 0.25) is 5.91 Å². The number of rotatable bonds is 6. The number of amides is 2. The van der Waals surface area contributed by atoms with Crippen LogP contribution in [0.15, 0.2) is 18.3 Å². The van der Waals surface area contributed by atoms with Crippen LogP contribution in [0.3, 0.4) is 0 Å². The van der Waals surface area contributed by atoms with E-state index in [0.29, 0.717) is 23.8 Å². The second-order valence-electron chi connectivity index (χ2n) is 7.61. The quantitative estimate of drug-likeness (QED) is 0.770. The number of likely N-dealkylation sites (tertiary alicyclic amines) is 2. The molecule has 0 aromatic carbocycles. The molecule has 3 heterocycles. The van der Waals surface area contributed by atoms with Crippen LogP contribution in [0.2, 0.25) is 0 Å². The van der Waals surface area contributed by atoms with Gasteiger partial charge in [-0.05, 0) is 57.6 Å². The van der Waals surface area contributed by atoms with Crippen molar-refractivity contribution in [1.82, 2.24) is 14.8 Å². The maximum atomic E-state index is 12.8. The molecule has 1 aromatic rings. The lowest BCUT2D eigenvalue weighted by molar-refractivity contribution is -0.134. The zero-order chi connectivity index (χ0) is 19.2. The van der Waals surface area contributed by atoms with Gasteiger partial charge in [-0.15, -0.1) is 0 Å². The Morgan fingerprint density at radius 3 is 2.48 bits per heavy atom. The number of piperidine rings is 2. The first-order chi connectivity index (χ1) is 13.1. The van der Waals surface area contributed by atoms with Crippen molar-refractivity contribution >= 4 is 17.6 Å². The molecule has 0 aliphatic carbocycles. The molecule has 0 radical (unpaired) electrons. The third-order valence-corrected chi connectivity index (χ3v) is 5.88. The summed E-state index contributed by atoms with van der Waals surface area (Å²) in [5.74, 6) is 1.81. The van der Waals surface area contributed by atoms with Gasteiger partial charge in [-0.25, -0.2) is 4.98 Å². The summed E-state index contributed by atoms with van der Waals surface area (Å²) < 4.78 is 0. The van der Waals surface area contributed by atoms with Gasteiger partial charge >= 0.3 is 0 Å². The Morgan fingerprint density at radius 1 is 1.15 bits per heavy atom. The van der Waals surface area contributed by atoms with Crippen LogP contribution in [0.25, 0.3) is 0 Å². The highest BCUT2D eigenvalue weighted by Crippen LogP contribution is 2.22. The van der Waals surface area contributed by atoms with Crippen LogP contribution in [-0.2, 0) is 4.79 Å². The van der Waals surface area contributed by atoms with E-state index < -0.39 is 0 Å². The van der Waals surface area contributed by atoms with Crippen LogP contribution in [0.4, 0.5) is 5.82 Å². The van der Waals surface area contributed by atoms with Crippen LogP contribution in [0.5, 0.6) is 0 Å². The third kappa shape index (κ3) is 4.79. The van der Waals surface area contributed by atoms with Crippen molar-refractivity contribution in [2.75, 3.05) is 44.2 Å². The molecule has 6 heteroatoms. The summed E-state index contributed by atoms with van der Waals surface area (Å²) in [5, 5.41) is 0. The standard InChI is InChI=1S/C21H32N4O2/c1-3-23(4-2)19-9-8-18(15-22-19)21(27)24-13-10-17(11-14-24)16-25-12-6-5-7-20(25)26/h8-9,15,17H,3-7,10-14,16H2,1-2H3. The molecule has 0 saturated carbocycles. The molecule has 0 unspecified atom stereocenters. The monoisotopic (exact) mass is 372 g/mol. The Bertz CT molecular complexity index is 634. The lowest BCUT2D eigenvalue weighted by Gasteiger charge is -2.36. The van der Waals surface area contributed by atoms with E-state index in [1.165, 1.54) is 0 Å². The Kier molecular flexibility index (Phi) is 6.69. The van der Waals surface area contributed by atoms with Crippen molar-refractivity contribution in [2.24, 2.45) is 5.92 Å². The van der Waals surface area contributed by atoms with E-state index in [4.69, 9.17) is 0 Å². The van der Waals surface area contributed by atoms with Gasteiger partial charge < -0.3 is 14.7 Å². The number of nitrogens with zero attached hydrogens (tertiary/aromatic N) is 4. The smallest absolute Gasteiger partial charge is 0.255 e. The van der Waals surface area contributed by atoms with E-state index in [1.807, 2.05) is 21.9 Å². The Morgan fingerprint density at radius 2 is 1.89 bits per heavy atom. The Labute approximate surface area is 162 Å². The molecule has 0 bridgehead atoms. The third-order valence-electron chi connectivity index (χ3n) is 5.88. The van der Waals surface area contributed by atoms with E-state index in [2.05, 4.69) is 23.7 Å². The Balaban J connectivity index is 1.51. The van der Waals surface area contributed by atoms with Gasteiger partial charge in [-0.3, -0.25) is 9.59 Å². The lowest BCUT2D eigenvalue weighted by Crippen LogP contribution is -2.44. The molecule has 27 heavy (non-hydrogen) atoms. The minimum atomic E-state index is 0.0705. The molecular formula is C21H32N4O2. The number of carbonyl (C=O) groups is 2. The largest absolute Gasteiger partial charge is 0.357 e. The number of hydrogen-bond donors (Lipinski definition) is 0. The van der Waals surface area contributed by atoms with Crippen molar-refractivity contribution < 1.29 is 9.59 Å². The maximum Gasteiger partial charge on any atom is 0.255 e. The first kappa shape index (κ1) is 19.6. The first-order valence-corrected chi connectivity index (χ1v) is 10.4. The number of aromatic nitrogens is 1. The normalized spacial score (nSPS) is 18.7. The number of pyridine rings is 1. The van der Waals surface area contributed by atoms with Crippen molar-refractivity contribution in [3.63, 3.8) is 0 Å². The predicted octanol–water partition coefficient (Wildman–Crippen LogP) is 2.79. The van der Waals surface area contributed by atoms with Gasteiger partial charge in [0.15, 0.2) is 0 Å². The summed E-state index contributed by atoms with van der Waals surface area (Å²) in [5.41, 5.74) is 0.663. The Hall–Kier alpha value is -2.11. The average molecular weight is 373 g/mol. The van der Waals surface area contributed by atoms with Gasteiger partial charge in [0.1, 0.15) is 5.82 Å². The van der Waals surface area contributed by atoms with Gasteiger partial charge in [-0.1, -0.05) is 0 Å². The van der Waals surface area contributed by atoms with Gasteiger partial charge in [0.25, 0.3) is 5.91 Å². The van der Waals surface area contributed by atoms with Crippen LogP contribution in [-0.4, -0.2) is 65.9 Å². The molecule has 0 N–H and O–H groups in total. The molecule has 2 aliphatic rings. The fourth-order valence-electron chi connectivity index (χ4n) is 4.11. The zero-order valence-corrected chi connectivity index (χ0v) is 16.7. The van der Waals surface area contributed by atoms with Gasteiger partial charge in [0.05, 0.1) is 5.56 Å². The highest BCUT2D eigenvalue weighted by molar-refractivity contribution is 5.94. The number of anilines is 1. The van der Waals surface area contributed by atoms with Crippen LogP contribution < -0.4 is 4.90 Å². The molecule has 3 rings (SSSR count). The van der Waals surface area contributed by atoms with Crippen LogP contribution in [0, 0.1) is 5.92 Å². The van der Waals surface area contributed by atoms with Crippen LogP contribution in [0.1, 0.15) is 56.3 Å². The lowest BCUT2D eigenvalue weighted by atomic mass is 9.95. The predicted molar refractivity (Wildman–Crippen MR) is 107 cm³/mol. The SMILES string of the molecule is CCN(CC)c1ccc(C(=O)N2CCC(CN3CCCCC3=O)CC2)cn1. The molecule has 2 saturated heterocycles. The van der Waals surface area contributed by atoms with Crippen LogP contribution >= 0.6 is 0 Å². The summed E-state index contributed by atoms with van der Waals surface area (Å²) in [6.45, 7) is 9.32. The van der Waals surface area contributed by atoms with Gasteiger partial charge in [-0.2, -0.15) is 0 Å². The van der Waals surface area contributed by atoms with E-state index in [1.54, 1.807) is 6.20 Å². The van der Waals surface area contributed by atoms with E-state index >= 15 is 0 Å². The molecule has 148 valence electrons. The van der Waals surface area contributed by atoms with Crippen molar-refractivity contribution in [3.05, 3.63) is 23.9 Å². The van der Waals surface area contributed by atoms with E-state index in [-0.39, 0.29) is 5.91 Å². The minimum absolute atomic E-state index is 0.0705. The number of hydrogen-bond acceptors (Lipinski definition) is 4. The van der Waals surface area contributed by atoms with E-state index in [9.17, 15) is 9.59 Å². The zero-order valence-electron chi connectivity index (χ0n) is 16.7. The first-order valence-electron chi connectivity index (χ1n) is 10.4. The van der Waals surface area contributed by atoms with E-state index in [0.717, 1.165) is 70.8 Å². The summed E-state index contributed by atoms with van der Waals surface area (Å²) in [6.07, 6.45) is 6.51. The van der Waals surface area contributed by atoms with Crippen molar-refractivity contribution in [2.45, 2.75) is 46.0 Å². The van der Waals surface area contributed by atoms with Crippen molar-refractivity contribution in [3.8, 4) is 0 Å². The summed E-state index contributed by atoms with van der Waals surface area (Å²) in [7, 11) is 0. The highest BCUT2D eigenvalue weighted by atomic mass is 16.2. The molecule has 6 nitrogen and oxygen atoms in total. The number of carbonyl (C=O) groups excluding carboxylic acids is 2. The summed E-state index contributed by atoms with van der Waals surface area (Å²) in [4.78, 5) is 35.4. The fourth-order valence-corrected chi connectivity index (χ4v) is 4.11. The summed E-state index contributed by atoms with van der Waals surface area (Å²) >= 11 is 0.